The fourth-order valence-electron chi connectivity index (χ4n) is 1.64. The van der Waals surface area contributed by atoms with Gasteiger partial charge in [0.2, 0.25) is 0 Å². The first-order chi connectivity index (χ1) is 7.75. The number of carbonyl (C=O) groups is 1. The van der Waals surface area contributed by atoms with Crippen LogP contribution in [0.1, 0.15) is 60.3 Å². The monoisotopic (exact) mass is 244 g/mol. The van der Waals surface area contributed by atoms with E-state index in [0.29, 0.717) is 13.0 Å². The van der Waals surface area contributed by atoms with Gasteiger partial charge in [-0.25, -0.2) is 0 Å². The molecule has 0 bridgehead atoms. The molecule has 0 radical (unpaired) electrons. The predicted octanol–water partition coefficient (Wildman–Crippen LogP) is 3.56. The van der Waals surface area contributed by atoms with Crippen LogP contribution in [0.2, 0.25) is 0 Å². The molecule has 0 aliphatic carbocycles. The molecule has 0 aromatic rings. The van der Waals surface area contributed by atoms with E-state index in [0.717, 1.165) is 6.42 Å². The van der Waals surface area contributed by atoms with Gasteiger partial charge in [-0.1, -0.05) is 19.8 Å². The van der Waals surface area contributed by atoms with Crippen molar-refractivity contribution < 1.29 is 14.3 Å². The molecule has 0 spiro atoms. The molecule has 0 aliphatic rings. The Hall–Kier alpha value is -0.570. The Labute approximate surface area is 106 Å². The molecule has 0 aromatic heterocycles. The van der Waals surface area contributed by atoms with E-state index in [1.807, 2.05) is 13.8 Å². The first-order valence-corrected chi connectivity index (χ1v) is 6.47. The fraction of sp³-hybridized carbons (Fsp3) is 0.929. The first kappa shape index (κ1) is 16.4. The molecule has 0 saturated carbocycles. The molecule has 0 heterocycles. The van der Waals surface area contributed by atoms with Crippen molar-refractivity contribution in [3.05, 3.63) is 0 Å². The Balaban J connectivity index is 4.01. The molecule has 0 aliphatic heterocycles. The zero-order chi connectivity index (χ0) is 13.5. The summed E-state index contributed by atoms with van der Waals surface area (Å²) in [4.78, 5) is 11.5. The van der Waals surface area contributed by atoms with Crippen molar-refractivity contribution in [3.63, 3.8) is 0 Å². The minimum absolute atomic E-state index is 0.0950. The Morgan fingerprint density at radius 1 is 1.12 bits per heavy atom. The second-order valence-corrected chi connectivity index (χ2v) is 5.84. The van der Waals surface area contributed by atoms with Crippen molar-refractivity contribution in [2.45, 2.75) is 65.9 Å². The maximum absolute atomic E-state index is 11.5. The van der Waals surface area contributed by atoms with Crippen LogP contribution >= 0.6 is 0 Å². The highest BCUT2D eigenvalue weighted by Crippen LogP contribution is 2.24. The average Bonchev–Trinajstić information content (AvgIpc) is 2.24. The SMILES string of the molecule is CCCCC(C)(C)OCCC(C)(C)C(=O)OC. The van der Waals surface area contributed by atoms with Crippen LogP contribution in [0, 0.1) is 5.41 Å². The van der Waals surface area contributed by atoms with Gasteiger partial charge in [-0.05, 0) is 40.5 Å². The molecule has 0 unspecified atom stereocenters. The highest BCUT2D eigenvalue weighted by atomic mass is 16.5. The lowest BCUT2D eigenvalue weighted by atomic mass is 9.90. The molecule has 17 heavy (non-hydrogen) atoms. The molecule has 3 heteroatoms. The van der Waals surface area contributed by atoms with Crippen LogP contribution in [0.5, 0.6) is 0 Å². The molecular weight excluding hydrogens is 216 g/mol. The Morgan fingerprint density at radius 3 is 2.18 bits per heavy atom. The molecule has 0 atom stereocenters. The number of hydrogen-bond donors (Lipinski definition) is 0. The van der Waals surface area contributed by atoms with E-state index in [-0.39, 0.29) is 11.6 Å². The second-order valence-electron chi connectivity index (χ2n) is 5.84. The number of ether oxygens (including phenoxy) is 2. The third kappa shape index (κ3) is 6.67. The lowest BCUT2D eigenvalue weighted by Gasteiger charge is -2.28. The van der Waals surface area contributed by atoms with Crippen LogP contribution < -0.4 is 0 Å². The molecule has 0 rings (SSSR count). The number of carbonyl (C=O) groups excluding carboxylic acids is 1. The highest BCUT2D eigenvalue weighted by Gasteiger charge is 2.29. The lowest BCUT2D eigenvalue weighted by molar-refractivity contribution is -0.152. The van der Waals surface area contributed by atoms with Crippen LogP contribution in [0.4, 0.5) is 0 Å². The first-order valence-electron chi connectivity index (χ1n) is 6.47. The highest BCUT2D eigenvalue weighted by molar-refractivity contribution is 5.75. The molecular formula is C14H28O3. The van der Waals surface area contributed by atoms with Gasteiger partial charge in [0, 0.05) is 6.61 Å². The molecule has 0 fully saturated rings. The van der Waals surface area contributed by atoms with Crippen LogP contribution in [0.15, 0.2) is 0 Å². The van der Waals surface area contributed by atoms with Crippen LogP contribution in [-0.2, 0) is 14.3 Å². The summed E-state index contributed by atoms with van der Waals surface area (Å²) in [6, 6.07) is 0. The van der Waals surface area contributed by atoms with Gasteiger partial charge in [0.25, 0.3) is 0 Å². The van der Waals surface area contributed by atoms with E-state index in [9.17, 15) is 4.79 Å². The van der Waals surface area contributed by atoms with Gasteiger partial charge < -0.3 is 9.47 Å². The van der Waals surface area contributed by atoms with Crippen molar-refractivity contribution in [1.82, 2.24) is 0 Å². The van der Waals surface area contributed by atoms with E-state index in [1.165, 1.54) is 20.0 Å². The zero-order valence-electron chi connectivity index (χ0n) is 12.3. The van der Waals surface area contributed by atoms with Gasteiger partial charge in [-0.15, -0.1) is 0 Å². The summed E-state index contributed by atoms with van der Waals surface area (Å²) in [5, 5.41) is 0. The summed E-state index contributed by atoms with van der Waals surface area (Å²) >= 11 is 0. The summed E-state index contributed by atoms with van der Waals surface area (Å²) in [5.74, 6) is -0.174. The van der Waals surface area contributed by atoms with E-state index >= 15 is 0 Å². The smallest absolute Gasteiger partial charge is 0.311 e. The van der Waals surface area contributed by atoms with Crippen molar-refractivity contribution >= 4 is 5.97 Å². The minimum atomic E-state index is -0.463. The number of unbranched alkanes of at least 4 members (excludes halogenated alkanes) is 1. The standard InChI is InChI=1S/C14H28O3/c1-7-8-9-14(4,5)17-11-10-13(2,3)12(15)16-6/h7-11H2,1-6H3. The van der Waals surface area contributed by atoms with Gasteiger partial charge >= 0.3 is 5.97 Å². The quantitative estimate of drug-likeness (QED) is 0.612. The Morgan fingerprint density at radius 2 is 1.71 bits per heavy atom. The third-order valence-electron chi connectivity index (χ3n) is 3.09. The maximum atomic E-state index is 11.5. The molecule has 0 amide bonds. The average molecular weight is 244 g/mol. The van der Waals surface area contributed by atoms with Crippen LogP contribution in [0.3, 0.4) is 0 Å². The summed E-state index contributed by atoms with van der Waals surface area (Å²) in [7, 11) is 1.43. The van der Waals surface area contributed by atoms with Gasteiger partial charge in [-0.2, -0.15) is 0 Å². The molecule has 102 valence electrons. The maximum Gasteiger partial charge on any atom is 0.311 e. The summed E-state index contributed by atoms with van der Waals surface area (Å²) in [6.45, 7) is 10.8. The number of esters is 1. The molecule has 3 nitrogen and oxygen atoms in total. The van der Waals surface area contributed by atoms with E-state index in [2.05, 4.69) is 20.8 Å². The number of hydrogen-bond acceptors (Lipinski definition) is 3. The van der Waals surface area contributed by atoms with E-state index in [4.69, 9.17) is 9.47 Å². The van der Waals surface area contributed by atoms with Gasteiger partial charge in [0.1, 0.15) is 0 Å². The van der Waals surface area contributed by atoms with Gasteiger partial charge in [0.05, 0.1) is 18.1 Å². The minimum Gasteiger partial charge on any atom is -0.469 e. The van der Waals surface area contributed by atoms with Crippen molar-refractivity contribution in [3.8, 4) is 0 Å². The van der Waals surface area contributed by atoms with E-state index < -0.39 is 5.41 Å². The predicted molar refractivity (Wildman–Crippen MR) is 70.0 cm³/mol. The van der Waals surface area contributed by atoms with Gasteiger partial charge in [0.15, 0.2) is 0 Å². The Bertz CT molecular complexity index is 232. The fourth-order valence-corrected chi connectivity index (χ4v) is 1.64. The number of methoxy groups -OCH3 is 1. The largest absolute Gasteiger partial charge is 0.469 e. The summed E-state index contributed by atoms with van der Waals surface area (Å²) in [6.07, 6.45) is 4.10. The normalized spacial score (nSPS) is 12.6. The van der Waals surface area contributed by atoms with Crippen LogP contribution in [0.25, 0.3) is 0 Å². The summed E-state index contributed by atoms with van der Waals surface area (Å²) in [5.41, 5.74) is -0.558. The Kier molecular flexibility index (Phi) is 6.76. The lowest BCUT2D eigenvalue weighted by Crippen LogP contribution is -2.30. The second kappa shape index (κ2) is 7.00. The van der Waals surface area contributed by atoms with Gasteiger partial charge in [-0.3, -0.25) is 4.79 Å². The van der Waals surface area contributed by atoms with Crippen molar-refractivity contribution in [1.29, 1.82) is 0 Å². The molecule has 0 N–H and O–H groups in total. The van der Waals surface area contributed by atoms with Crippen LogP contribution in [-0.4, -0.2) is 25.3 Å². The topological polar surface area (TPSA) is 35.5 Å². The number of rotatable bonds is 8. The zero-order valence-corrected chi connectivity index (χ0v) is 12.3. The third-order valence-corrected chi connectivity index (χ3v) is 3.09. The van der Waals surface area contributed by atoms with Crippen molar-refractivity contribution in [2.75, 3.05) is 13.7 Å². The molecule has 0 aromatic carbocycles. The van der Waals surface area contributed by atoms with E-state index in [1.54, 1.807) is 0 Å². The molecule has 0 saturated heterocycles. The van der Waals surface area contributed by atoms with Crippen molar-refractivity contribution in [2.24, 2.45) is 5.41 Å². The summed E-state index contributed by atoms with van der Waals surface area (Å²) < 4.78 is 10.6.